The molecule has 1 saturated carbocycles. The number of nitrogens with zero attached hydrogens (tertiary/aromatic N) is 3. The lowest BCUT2D eigenvalue weighted by molar-refractivity contribution is -0.0394. The third kappa shape index (κ3) is 5.10. The van der Waals surface area contributed by atoms with Crippen LogP contribution in [0.15, 0.2) is 34.9 Å². The number of anilines is 1. The zero-order valence-electron chi connectivity index (χ0n) is 22.1. The van der Waals surface area contributed by atoms with Crippen LogP contribution >= 0.6 is 34.5 Å². The number of hydrogen-bond acceptors (Lipinski definition) is 9. The van der Waals surface area contributed by atoms with Gasteiger partial charge in [-0.05, 0) is 56.0 Å². The molecule has 2 bridgehead atoms. The number of esters is 1. The standard InChI is InChI=1S/C29H26Cl2FN3O5S/c1-37-28(36)15-4-5-23-24(6-15)41-29(33-23)35-17-9-19(10-18(35)12-38-11-17)39-13-20-26(34-40-27(20)14-2-3-14)25-21(30)7-16(32)8-22(25)31/h4-8,14,17-19H,2-3,9-13H2,1H3. The molecule has 4 heterocycles. The van der Waals surface area contributed by atoms with Gasteiger partial charge in [-0.3, -0.25) is 0 Å². The first kappa shape index (κ1) is 27.1. The molecule has 214 valence electrons. The van der Waals surface area contributed by atoms with E-state index >= 15 is 0 Å². The Hall–Kier alpha value is -2.76. The Morgan fingerprint density at radius 1 is 1.15 bits per heavy atom. The molecule has 2 saturated heterocycles. The van der Waals surface area contributed by atoms with Crippen molar-refractivity contribution in [2.45, 2.75) is 56.4 Å². The van der Waals surface area contributed by atoms with Crippen molar-refractivity contribution in [1.29, 1.82) is 0 Å². The van der Waals surface area contributed by atoms with Crippen LogP contribution in [0.25, 0.3) is 21.5 Å². The van der Waals surface area contributed by atoms with E-state index in [0.29, 0.717) is 36.0 Å². The van der Waals surface area contributed by atoms with E-state index in [1.54, 1.807) is 17.4 Å². The number of rotatable bonds is 7. The lowest BCUT2D eigenvalue weighted by Gasteiger charge is -2.48. The van der Waals surface area contributed by atoms with E-state index < -0.39 is 5.82 Å². The molecule has 4 aromatic rings. The number of methoxy groups -OCH3 is 1. The van der Waals surface area contributed by atoms with Gasteiger partial charge in [0.1, 0.15) is 17.3 Å². The maximum absolute atomic E-state index is 13.9. The second kappa shape index (κ2) is 10.8. The summed E-state index contributed by atoms with van der Waals surface area (Å²) in [6, 6.07) is 8.08. The number of thiazole rings is 1. The average Bonchev–Trinajstić information content (AvgIpc) is 3.57. The van der Waals surface area contributed by atoms with Crippen LogP contribution in [0.2, 0.25) is 10.0 Å². The van der Waals surface area contributed by atoms with Crippen molar-refractivity contribution in [1.82, 2.24) is 10.1 Å². The number of ether oxygens (including phenoxy) is 3. The molecule has 0 radical (unpaired) electrons. The van der Waals surface area contributed by atoms with Crippen molar-refractivity contribution in [2.24, 2.45) is 0 Å². The second-order valence-corrected chi connectivity index (χ2v) is 12.5. The summed E-state index contributed by atoms with van der Waals surface area (Å²) in [5.74, 6) is 0.208. The van der Waals surface area contributed by atoms with E-state index in [-0.39, 0.29) is 40.8 Å². The molecule has 3 fully saturated rings. The molecule has 0 amide bonds. The minimum Gasteiger partial charge on any atom is -0.465 e. The van der Waals surface area contributed by atoms with Crippen LogP contribution in [0.1, 0.15) is 53.3 Å². The third-order valence-electron chi connectivity index (χ3n) is 7.97. The Balaban J connectivity index is 1.11. The molecule has 3 aliphatic rings. The first-order chi connectivity index (χ1) is 19.9. The van der Waals surface area contributed by atoms with Crippen LogP contribution in [-0.2, 0) is 20.8 Å². The second-order valence-electron chi connectivity index (χ2n) is 10.7. The number of carbonyl (C=O) groups is 1. The van der Waals surface area contributed by atoms with Crippen molar-refractivity contribution in [3.05, 3.63) is 63.1 Å². The molecule has 8 nitrogen and oxygen atoms in total. The first-order valence-corrected chi connectivity index (χ1v) is 15.1. The maximum atomic E-state index is 13.9. The molecule has 2 aromatic heterocycles. The summed E-state index contributed by atoms with van der Waals surface area (Å²) < 4.78 is 37.9. The van der Waals surface area contributed by atoms with Crippen molar-refractivity contribution in [2.75, 3.05) is 25.2 Å². The van der Waals surface area contributed by atoms with Crippen molar-refractivity contribution >= 4 is 55.9 Å². The third-order valence-corrected chi connectivity index (χ3v) is 9.60. The van der Waals surface area contributed by atoms with E-state index in [4.69, 9.17) is 46.9 Å². The van der Waals surface area contributed by atoms with Gasteiger partial charge in [0.05, 0.1) is 70.9 Å². The van der Waals surface area contributed by atoms with Gasteiger partial charge < -0.3 is 23.6 Å². The zero-order valence-corrected chi connectivity index (χ0v) is 24.4. The lowest BCUT2D eigenvalue weighted by atomic mass is 9.92. The Morgan fingerprint density at radius 3 is 2.56 bits per heavy atom. The van der Waals surface area contributed by atoms with Crippen molar-refractivity contribution in [3.63, 3.8) is 0 Å². The van der Waals surface area contributed by atoms with E-state index in [1.807, 2.05) is 12.1 Å². The number of fused-ring (bicyclic) bond motifs is 3. The van der Waals surface area contributed by atoms with Crippen molar-refractivity contribution in [3.8, 4) is 11.3 Å². The molecule has 2 aromatic carbocycles. The molecule has 2 unspecified atom stereocenters. The molecule has 2 aliphatic heterocycles. The highest BCUT2D eigenvalue weighted by molar-refractivity contribution is 7.22. The summed E-state index contributed by atoms with van der Waals surface area (Å²) in [7, 11) is 1.38. The van der Waals surface area contributed by atoms with Crippen LogP contribution in [0.4, 0.5) is 9.52 Å². The Morgan fingerprint density at radius 2 is 1.88 bits per heavy atom. The van der Waals surface area contributed by atoms with Gasteiger partial charge in [-0.2, -0.15) is 0 Å². The van der Waals surface area contributed by atoms with E-state index in [2.05, 4.69) is 10.1 Å². The molecular weight excluding hydrogens is 592 g/mol. The van der Waals surface area contributed by atoms with E-state index in [1.165, 1.54) is 19.2 Å². The monoisotopic (exact) mass is 617 g/mol. The SMILES string of the molecule is COC(=O)c1ccc2nc(N3C4COCC3CC(OCc3c(-c5c(Cl)cc(F)cc5Cl)noc3C3CC3)C4)sc2c1. The average molecular weight is 619 g/mol. The van der Waals surface area contributed by atoms with Gasteiger partial charge in [-0.15, -0.1) is 0 Å². The number of aromatic nitrogens is 2. The number of hydrogen-bond donors (Lipinski definition) is 0. The van der Waals surface area contributed by atoms with Gasteiger partial charge >= 0.3 is 5.97 Å². The fraction of sp³-hybridized carbons (Fsp3) is 0.414. The molecule has 12 heteroatoms. The quantitative estimate of drug-likeness (QED) is 0.205. The highest BCUT2D eigenvalue weighted by atomic mass is 35.5. The fourth-order valence-corrected chi connectivity index (χ4v) is 7.66. The predicted molar refractivity (Wildman–Crippen MR) is 154 cm³/mol. The molecule has 41 heavy (non-hydrogen) atoms. The van der Waals surface area contributed by atoms with Gasteiger partial charge in [-0.25, -0.2) is 14.2 Å². The molecule has 0 N–H and O–H groups in total. The molecule has 0 spiro atoms. The summed E-state index contributed by atoms with van der Waals surface area (Å²) >= 11 is 14.4. The smallest absolute Gasteiger partial charge is 0.337 e. The zero-order chi connectivity index (χ0) is 28.2. The molecular formula is C29H26Cl2FN3O5S. The van der Waals surface area contributed by atoms with Crippen LogP contribution < -0.4 is 4.90 Å². The number of halogens is 3. The van der Waals surface area contributed by atoms with E-state index in [9.17, 15) is 9.18 Å². The number of carbonyl (C=O) groups excluding carboxylic acids is 1. The molecule has 2 atom stereocenters. The van der Waals surface area contributed by atoms with Crippen LogP contribution in [0.5, 0.6) is 0 Å². The van der Waals surface area contributed by atoms with Crippen LogP contribution in [-0.4, -0.2) is 54.6 Å². The van der Waals surface area contributed by atoms with Crippen molar-refractivity contribution < 1.29 is 27.9 Å². The van der Waals surface area contributed by atoms with Gasteiger partial charge in [0.2, 0.25) is 0 Å². The summed E-state index contributed by atoms with van der Waals surface area (Å²) in [6.45, 7) is 1.44. The topological polar surface area (TPSA) is 86.9 Å². The summed E-state index contributed by atoms with van der Waals surface area (Å²) in [5, 5.41) is 5.58. The predicted octanol–water partition coefficient (Wildman–Crippen LogP) is 7.01. The minimum absolute atomic E-state index is 0.0144. The highest BCUT2D eigenvalue weighted by Gasteiger charge is 2.42. The lowest BCUT2D eigenvalue weighted by Crippen LogP contribution is -2.58. The van der Waals surface area contributed by atoms with Crippen LogP contribution in [0.3, 0.4) is 0 Å². The minimum atomic E-state index is -0.509. The molecule has 7 rings (SSSR count). The van der Waals surface area contributed by atoms with Gasteiger partial charge in [0, 0.05) is 17.0 Å². The van der Waals surface area contributed by atoms with E-state index in [0.717, 1.165) is 52.4 Å². The Kier molecular flexibility index (Phi) is 7.15. The normalized spacial score (nSPS) is 22.3. The Labute approximate surface area is 249 Å². The summed E-state index contributed by atoms with van der Waals surface area (Å²) in [5.41, 5.74) is 3.13. The van der Waals surface area contributed by atoms with Gasteiger partial charge in [-0.1, -0.05) is 39.7 Å². The number of benzene rings is 2. The maximum Gasteiger partial charge on any atom is 0.337 e. The largest absolute Gasteiger partial charge is 0.465 e. The highest BCUT2D eigenvalue weighted by Crippen LogP contribution is 2.47. The van der Waals surface area contributed by atoms with Crippen LogP contribution in [0, 0.1) is 5.82 Å². The van der Waals surface area contributed by atoms with Gasteiger partial charge in [0.25, 0.3) is 0 Å². The molecule has 1 aliphatic carbocycles. The first-order valence-electron chi connectivity index (χ1n) is 13.5. The summed E-state index contributed by atoms with van der Waals surface area (Å²) in [4.78, 5) is 19.2. The Bertz CT molecular complexity index is 1600. The fourth-order valence-electron chi connectivity index (χ4n) is 5.88. The summed E-state index contributed by atoms with van der Waals surface area (Å²) in [6.07, 6.45) is 3.55. The van der Waals surface area contributed by atoms with Gasteiger partial charge in [0.15, 0.2) is 5.13 Å². The number of piperidine rings is 1. The number of morpholine rings is 1.